The fraction of sp³-hybridized carbons (Fsp3) is 0.375. The monoisotopic (exact) mass is 286 g/mol. The van der Waals surface area contributed by atoms with Crippen LogP contribution in [0.25, 0.3) is 11.4 Å². The van der Waals surface area contributed by atoms with Crippen molar-refractivity contribution in [2.45, 2.75) is 39.3 Å². The van der Waals surface area contributed by atoms with Gasteiger partial charge in [0.2, 0.25) is 5.91 Å². The first-order valence-electron chi connectivity index (χ1n) is 7.09. The predicted molar refractivity (Wildman–Crippen MR) is 84.6 cm³/mol. The average Bonchev–Trinajstić information content (AvgIpc) is 2.86. The van der Waals surface area contributed by atoms with Gasteiger partial charge in [0.05, 0.1) is 0 Å². The van der Waals surface area contributed by atoms with Crippen LogP contribution < -0.4 is 11.1 Å². The van der Waals surface area contributed by atoms with E-state index in [4.69, 9.17) is 5.73 Å². The Balaban J connectivity index is 2.16. The number of benzene rings is 1. The Kier molecular flexibility index (Phi) is 4.31. The highest BCUT2D eigenvalue weighted by Crippen LogP contribution is 2.19. The molecule has 0 radical (unpaired) electrons. The van der Waals surface area contributed by atoms with Crippen LogP contribution >= 0.6 is 0 Å². The van der Waals surface area contributed by atoms with Gasteiger partial charge < -0.3 is 15.6 Å². The van der Waals surface area contributed by atoms with Crippen molar-refractivity contribution in [2.75, 3.05) is 5.73 Å². The van der Waals surface area contributed by atoms with Crippen molar-refractivity contribution in [3.8, 4) is 11.4 Å². The zero-order valence-electron chi connectivity index (χ0n) is 12.8. The van der Waals surface area contributed by atoms with Gasteiger partial charge in [-0.05, 0) is 32.4 Å². The number of hydrogen-bond donors (Lipinski definition) is 2. The number of imidazole rings is 1. The van der Waals surface area contributed by atoms with Gasteiger partial charge in [0.25, 0.3) is 0 Å². The molecule has 0 aliphatic carbocycles. The van der Waals surface area contributed by atoms with Crippen LogP contribution in [0.4, 0.5) is 5.69 Å². The molecule has 0 aliphatic rings. The van der Waals surface area contributed by atoms with E-state index in [1.807, 2.05) is 42.7 Å². The molecule has 5 heteroatoms. The van der Waals surface area contributed by atoms with Gasteiger partial charge in [-0.25, -0.2) is 4.98 Å². The zero-order chi connectivity index (χ0) is 15.5. The number of nitrogen functional groups attached to an aromatic ring is 1. The molecule has 0 aliphatic heterocycles. The smallest absolute Gasteiger partial charge is 0.240 e. The van der Waals surface area contributed by atoms with Gasteiger partial charge >= 0.3 is 0 Å². The Bertz CT molecular complexity index is 631. The summed E-state index contributed by atoms with van der Waals surface area (Å²) < 4.78 is 1.83. The van der Waals surface area contributed by atoms with Crippen LogP contribution in [0.5, 0.6) is 0 Å². The van der Waals surface area contributed by atoms with Gasteiger partial charge in [0, 0.05) is 29.2 Å². The molecule has 5 nitrogen and oxygen atoms in total. The fourth-order valence-corrected chi connectivity index (χ4v) is 2.03. The summed E-state index contributed by atoms with van der Waals surface area (Å²) >= 11 is 0. The van der Waals surface area contributed by atoms with E-state index in [9.17, 15) is 4.79 Å². The summed E-state index contributed by atoms with van der Waals surface area (Å²) in [5.74, 6) is 0.719. The Hall–Kier alpha value is -2.30. The zero-order valence-corrected chi connectivity index (χ0v) is 12.8. The van der Waals surface area contributed by atoms with E-state index in [0.29, 0.717) is 5.69 Å². The maximum absolute atomic E-state index is 12.2. The fourth-order valence-electron chi connectivity index (χ4n) is 2.03. The number of nitrogens with zero attached hydrogens (tertiary/aromatic N) is 2. The maximum atomic E-state index is 12.2. The summed E-state index contributed by atoms with van der Waals surface area (Å²) in [5, 5.41) is 3.02. The molecule has 0 saturated carbocycles. The number of anilines is 1. The van der Waals surface area contributed by atoms with Crippen LogP contribution in [0.2, 0.25) is 0 Å². The number of nitrogens with one attached hydrogen (secondary N) is 1. The molecule has 0 atom stereocenters. The third-order valence-electron chi connectivity index (χ3n) is 3.54. The molecule has 1 amide bonds. The number of nitrogens with two attached hydrogens (primary N) is 1. The van der Waals surface area contributed by atoms with E-state index in [2.05, 4.69) is 17.2 Å². The lowest BCUT2D eigenvalue weighted by Crippen LogP contribution is -2.44. The molecule has 0 unspecified atom stereocenters. The van der Waals surface area contributed by atoms with Crippen LogP contribution in [-0.4, -0.2) is 21.0 Å². The summed E-state index contributed by atoms with van der Waals surface area (Å²) in [6.07, 6.45) is 4.37. The molecular formula is C16H22N4O. The van der Waals surface area contributed by atoms with Crippen LogP contribution in [0.3, 0.4) is 0 Å². The lowest BCUT2D eigenvalue weighted by atomic mass is 10.0. The minimum Gasteiger partial charge on any atom is -0.399 e. The van der Waals surface area contributed by atoms with Crippen molar-refractivity contribution in [1.82, 2.24) is 14.9 Å². The van der Waals surface area contributed by atoms with Gasteiger partial charge in [-0.15, -0.1) is 0 Å². The van der Waals surface area contributed by atoms with Crippen molar-refractivity contribution in [3.63, 3.8) is 0 Å². The first kappa shape index (κ1) is 15.1. The normalized spacial score (nSPS) is 11.4. The van der Waals surface area contributed by atoms with E-state index < -0.39 is 0 Å². The average molecular weight is 286 g/mol. The molecule has 0 bridgehead atoms. The Morgan fingerprint density at radius 1 is 1.43 bits per heavy atom. The maximum Gasteiger partial charge on any atom is 0.240 e. The first-order valence-corrected chi connectivity index (χ1v) is 7.09. The van der Waals surface area contributed by atoms with Crippen LogP contribution in [-0.2, 0) is 11.3 Å². The van der Waals surface area contributed by atoms with Crippen molar-refractivity contribution in [2.24, 2.45) is 0 Å². The first-order chi connectivity index (χ1) is 9.91. The molecule has 0 spiro atoms. The summed E-state index contributed by atoms with van der Waals surface area (Å²) in [6, 6.07) is 7.49. The molecule has 1 heterocycles. The second kappa shape index (κ2) is 5.99. The SMILES string of the molecule is CCC(C)(C)NC(=O)Cn1ccnc1-c1cccc(N)c1. The Morgan fingerprint density at radius 3 is 2.86 bits per heavy atom. The van der Waals surface area contributed by atoms with Gasteiger partial charge in [0.15, 0.2) is 0 Å². The molecule has 1 aromatic carbocycles. The van der Waals surface area contributed by atoms with Gasteiger partial charge in [-0.3, -0.25) is 4.79 Å². The summed E-state index contributed by atoms with van der Waals surface area (Å²) in [5.41, 5.74) is 7.19. The van der Waals surface area contributed by atoms with E-state index >= 15 is 0 Å². The molecule has 0 saturated heterocycles. The van der Waals surface area contributed by atoms with Gasteiger partial charge in [0.1, 0.15) is 12.4 Å². The van der Waals surface area contributed by atoms with E-state index in [1.165, 1.54) is 0 Å². The minimum atomic E-state index is -0.199. The topological polar surface area (TPSA) is 72.9 Å². The molecule has 3 N–H and O–H groups in total. The number of rotatable bonds is 5. The van der Waals surface area contributed by atoms with Crippen molar-refractivity contribution in [1.29, 1.82) is 0 Å². The third kappa shape index (κ3) is 3.84. The molecule has 112 valence electrons. The largest absolute Gasteiger partial charge is 0.399 e. The minimum absolute atomic E-state index is 0.0231. The predicted octanol–water partition coefficient (Wildman–Crippen LogP) is 2.44. The van der Waals surface area contributed by atoms with E-state index in [1.54, 1.807) is 12.4 Å². The summed E-state index contributed by atoms with van der Waals surface area (Å²) in [7, 11) is 0. The quantitative estimate of drug-likeness (QED) is 0.829. The number of carbonyl (C=O) groups is 1. The van der Waals surface area contributed by atoms with E-state index in [-0.39, 0.29) is 18.0 Å². The highest BCUT2D eigenvalue weighted by molar-refractivity contribution is 5.77. The number of hydrogen-bond acceptors (Lipinski definition) is 3. The van der Waals surface area contributed by atoms with Crippen molar-refractivity contribution < 1.29 is 4.79 Å². The standard InChI is InChI=1S/C16H22N4O/c1-4-16(2,3)19-14(21)11-20-9-8-18-15(20)12-6-5-7-13(17)10-12/h5-10H,4,11,17H2,1-3H3,(H,19,21). The van der Waals surface area contributed by atoms with Crippen molar-refractivity contribution >= 4 is 11.6 Å². The molecule has 21 heavy (non-hydrogen) atoms. The third-order valence-corrected chi connectivity index (χ3v) is 3.54. The van der Waals surface area contributed by atoms with Crippen LogP contribution in [0.15, 0.2) is 36.7 Å². The highest BCUT2D eigenvalue weighted by atomic mass is 16.2. The molecule has 2 aromatic rings. The second-order valence-electron chi connectivity index (χ2n) is 5.79. The molecular weight excluding hydrogens is 264 g/mol. The summed E-state index contributed by atoms with van der Waals surface area (Å²) in [4.78, 5) is 16.5. The molecule has 2 rings (SSSR count). The van der Waals surface area contributed by atoms with E-state index in [0.717, 1.165) is 17.8 Å². The molecule has 1 aromatic heterocycles. The Morgan fingerprint density at radius 2 is 2.19 bits per heavy atom. The number of aromatic nitrogens is 2. The lowest BCUT2D eigenvalue weighted by Gasteiger charge is -2.24. The second-order valence-corrected chi connectivity index (χ2v) is 5.79. The van der Waals surface area contributed by atoms with Crippen LogP contribution in [0, 0.1) is 0 Å². The Labute approximate surface area is 125 Å². The number of carbonyl (C=O) groups excluding carboxylic acids is 1. The lowest BCUT2D eigenvalue weighted by molar-refractivity contribution is -0.123. The summed E-state index contributed by atoms with van der Waals surface area (Å²) in [6.45, 7) is 6.32. The van der Waals surface area contributed by atoms with Crippen LogP contribution in [0.1, 0.15) is 27.2 Å². The van der Waals surface area contributed by atoms with Crippen molar-refractivity contribution in [3.05, 3.63) is 36.7 Å². The number of amides is 1. The molecule has 0 fully saturated rings. The highest BCUT2D eigenvalue weighted by Gasteiger charge is 2.18. The van der Waals surface area contributed by atoms with Gasteiger partial charge in [-0.1, -0.05) is 19.1 Å². The van der Waals surface area contributed by atoms with Gasteiger partial charge in [-0.2, -0.15) is 0 Å².